The Morgan fingerprint density at radius 2 is 1.89 bits per heavy atom. The summed E-state index contributed by atoms with van der Waals surface area (Å²) in [5.74, 6) is 0.751. The fourth-order valence-corrected chi connectivity index (χ4v) is 2.70. The van der Waals surface area contributed by atoms with E-state index >= 15 is 0 Å². The van der Waals surface area contributed by atoms with Gasteiger partial charge in [0.2, 0.25) is 0 Å². The van der Waals surface area contributed by atoms with Gasteiger partial charge in [-0.2, -0.15) is 5.26 Å². The molecule has 2 aromatic rings. The molecule has 0 saturated carbocycles. The van der Waals surface area contributed by atoms with E-state index < -0.39 is 5.60 Å². The Kier molecular flexibility index (Phi) is 5.21. The van der Waals surface area contributed by atoms with Gasteiger partial charge in [-0.05, 0) is 32.9 Å². The van der Waals surface area contributed by atoms with Crippen LogP contribution in [0.3, 0.4) is 0 Å². The Hall–Kier alpha value is -3.21. The molecule has 0 bridgehead atoms. The van der Waals surface area contributed by atoms with E-state index in [2.05, 4.69) is 19.9 Å². The summed E-state index contributed by atoms with van der Waals surface area (Å²) in [6.45, 7) is 8.03. The number of ether oxygens (including phenoxy) is 1. The fraction of sp³-hybridized carbons (Fsp3) is 0.421. The summed E-state index contributed by atoms with van der Waals surface area (Å²) < 4.78 is 5.42. The zero-order chi connectivity index (χ0) is 19.4. The van der Waals surface area contributed by atoms with Gasteiger partial charge >= 0.3 is 6.09 Å². The van der Waals surface area contributed by atoms with E-state index in [4.69, 9.17) is 10.00 Å². The van der Waals surface area contributed by atoms with Gasteiger partial charge in [0.15, 0.2) is 0 Å². The molecule has 0 aromatic carbocycles. The van der Waals surface area contributed by atoms with Crippen LogP contribution in [-0.2, 0) is 4.74 Å². The molecule has 0 aliphatic carbocycles. The first-order chi connectivity index (χ1) is 12.9. The average molecular weight is 366 g/mol. The zero-order valence-electron chi connectivity index (χ0n) is 15.7. The van der Waals surface area contributed by atoms with Crippen molar-refractivity contribution in [2.75, 3.05) is 31.1 Å². The van der Waals surface area contributed by atoms with Crippen LogP contribution in [0.2, 0.25) is 0 Å². The SMILES string of the molecule is CC(C)(C)OC(=O)N1CCN(c2cncc(-c3ccc(C#N)nc3)n2)CC1. The molecule has 2 aromatic heterocycles. The minimum Gasteiger partial charge on any atom is -0.444 e. The maximum Gasteiger partial charge on any atom is 0.410 e. The van der Waals surface area contributed by atoms with Gasteiger partial charge in [0.05, 0.1) is 18.1 Å². The van der Waals surface area contributed by atoms with Crippen LogP contribution in [0.25, 0.3) is 11.3 Å². The van der Waals surface area contributed by atoms with Gasteiger partial charge in [-0.25, -0.2) is 14.8 Å². The Labute approximate surface area is 158 Å². The number of aromatic nitrogens is 3. The van der Waals surface area contributed by atoms with Crippen LogP contribution in [0, 0.1) is 11.3 Å². The van der Waals surface area contributed by atoms with Crippen LogP contribution in [0.15, 0.2) is 30.7 Å². The number of carbonyl (C=O) groups excluding carboxylic acids is 1. The summed E-state index contributed by atoms with van der Waals surface area (Å²) in [5.41, 5.74) is 1.36. The van der Waals surface area contributed by atoms with Crippen molar-refractivity contribution in [1.29, 1.82) is 5.26 Å². The lowest BCUT2D eigenvalue weighted by atomic mass is 10.2. The molecule has 0 N–H and O–H groups in total. The Morgan fingerprint density at radius 3 is 2.48 bits per heavy atom. The molecule has 3 rings (SSSR count). The van der Waals surface area contributed by atoms with Gasteiger partial charge in [0.25, 0.3) is 0 Å². The minimum atomic E-state index is -0.497. The fourth-order valence-electron chi connectivity index (χ4n) is 2.70. The van der Waals surface area contributed by atoms with Gasteiger partial charge in [0.1, 0.15) is 23.2 Å². The number of nitrogens with zero attached hydrogens (tertiary/aromatic N) is 6. The predicted molar refractivity (Wildman–Crippen MR) is 100.0 cm³/mol. The molecule has 140 valence electrons. The summed E-state index contributed by atoms with van der Waals surface area (Å²) in [7, 11) is 0. The van der Waals surface area contributed by atoms with Crippen molar-refractivity contribution < 1.29 is 9.53 Å². The Balaban J connectivity index is 1.66. The van der Waals surface area contributed by atoms with Crippen molar-refractivity contribution in [1.82, 2.24) is 19.9 Å². The number of hydrogen-bond acceptors (Lipinski definition) is 7. The van der Waals surface area contributed by atoms with Gasteiger partial charge in [-0.1, -0.05) is 0 Å². The normalized spacial score (nSPS) is 14.6. The predicted octanol–water partition coefficient (Wildman–Crippen LogP) is 2.47. The maximum atomic E-state index is 12.2. The number of amides is 1. The first kappa shape index (κ1) is 18.6. The van der Waals surface area contributed by atoms with Gasteiger partial charge < -0.3 is 14.5 Å². The first-order valence-electron chi connectivity index (χ1n) is 8.77. The van der Waals surface area contributed by atoms with Crippen molar-refractivity contribution in [3.05, 3.63) is 36.4 Å². The Bertz CT molecular complexity index is 846. The average Bonchev–Trinajstić information content (AvgIpc) is 2.67. The number of pyridine rings is 1. The molecular weight excluding hydrogens is 344 g/mol. The maximum absolute atomic E-state index is 12.2. The quantitative estimate of drug-likeness (QED) is 0.805. The minimum absolute atomic E-state index is 0.286. The zero-order valence-corrected chi connectivity index (χ0v) is 15.7. The lowest BCUT2D eigenvalue weighted by molar-refractivity contribution is 0.0240. The Morgan fingerprint density at radius 1 is 1.15 bits per heavy atom. The molecule has 0 radical (unpaired) electrons. The largest absolute Gasteiger partial charge is 0.444 e. The molecule has 8 heteroatoms. The summed E-state index contributed by atoms with van der Waals surface area (Å²) in [6, 6.07) is 5.46. The summed E-state index contributed by atoms with van der Waals surface area (Å²) >= 11 is 0. The number of piperazine rings is 1. The number of rotatable bonds is 2. The van der Waals surface area contributed by atoms with Crippen LogP contribution < -0.4 is 4.90 Å². The number of carbonyl (C=O) groups is 1. The van der Waals surface area contributed by atoms with Crippen LogP contribution in [-0.4, -0.2) is 57.7 Å². The highest BCUT2D eigenvalue weighted by Gasteiger charge is 2.26. The van der Waals surface area contributed by atoms with Crippen molar-refractivity contribution in [3.63, 3.8) is 0 Å². The number of hydrogen-bond donors (Lipinski definition) is 0. The second-order valence-electron chi connectivity index (χ2n) is 7.26. The molecule has 1 fully saturated rings. The number of anilines is 1. The van der Waals surface area contributed by atoms with E-state index in [0.29, 0.717) is 37.6 Å². The summed E-state index contributed by atoms with van der Waals surface area (Å²) in [5, 5.41) is 8.85. The second kappa shape index (κ2) is 7.58. The second-order valence-corrected chi connectivity index (χ2v) is 7.26. The lowest BCUT2D eigenvalue weighted by Gasteiger charge is -2.36. The van der Waals surface area contributed by atoms with E-state index in [1.54, 1.807) is 35.6 Å². The van der Waals surface area contributed by atoms with E-state index in [9.17, 15) is 4.79 Å². The van der Waals surface area contributed by atoms with Gasteiger partial charge in [-0.3, -0.25) is 4.98 Å². The molecule has 0 unspecified atom stereocenters. The third-order valence-corrected chi connectivity index (χ3v) is 4.05. The van der Waals surface area contributed by atoms with Crippen LogP contribution >= 0.6 is 0 Å². The van der Waals surface area contributed by atoms with Crippen molar-refractivity contribution in [2.24, 2.45) is 0 Å². The van der Waals surface area contributed by atoms with Crippen molar-refractivity contribution in [2.45, 2.75) is 26.4 Å². The van der Waals surface area contributed by atoms with Crippen molar-refractivity contribution >= 4 is 11.9 Å². The molecule has 0 spiro atoms. The highest BCUT2D eigenvalue weighted by Crippen LogP contribution is 2.20. The third-order valence-electron chi connectivity index (χ3n) is 4.05. The molecule has 1 aliphatic rings. The standard InChI is InChI=1S/C19H22N6O2/c1-19(2,3)27-18(26)25-8-6-24(7-9-25)17-13-21-12-16(23-17)14-4-5-15(10-20)22-11-14/h4-5,11-13H,6-9H2,1-3H3. The molecule has 1 saturated heterocycles. The van der Waals surface area contributed by atoms with Crippen LogP contribution in [0.4, 0.5) is 10.6 Å². The molecule has 3 heterocycles. The van der Waals surface area contributed by atoms with E-state index in [0.717, 1.165) is 11.4 Å². The van der Waals surface area contributed by atoms with Gasteiger partial charge in [0, 0.05) is 37.9 Å². The van der Waals surface area contributed by atoms with E-state index in [1.807, 2.05) is 26.8 Å². The van der Waals surface area contributed by atoms with Crippen LogP contribution in [0.5, 0.6) is 0 Å². The molecule has 0 atom stereocenters. The molecule has 1 aliphatic heterocycles. The highest BCUT2D eigenvalue weighted by atomic mass is 16.6. The molecule has 1 amide bonds. The summed E-state index contributed by atoms with van der Waals surface area (Å²) in [6.07, 6.45) is 4.71. The van der Waals surface area contributed by atoms with Crippen LogP contribution in [0.1, 0.15) is 26.5 Å². The highest BCUT2D eigenvalue weighted by molar-refractivity contribution is 5.68. The third kappa shape index (κ3) is 4.70. The molecule has 8 nitrogen and oxygen atoms in total. The van der Waals surface area contributed by atoms with E-state index in [1.165, 1.54) is 0 Å². The molecule has 27 heavy (non-hydrogen) atoms. The topological polar surface area (TPSA) is 95.2 Å². The molecular formula is C19H22N6O2. The monoisotopic (exact) mass is 366 g/mol. The van der Waals surface area contributed by atoms with Crippen molar-refractivity contribution in [3.8, 4) is 17.3 Å². The summed E-state index contributed by atoms with van der Waals surface area (Å²) in [4.78, 5) is 29.0. The smallest absolute Gasteiger partial charge is 0.410 e. The van der Waals surface area contributed by atoms with Gasteiger partial charge in [-0.15, -0.1) is 0 Å². The van der Waals surface area contributed by atoms with E-state index in [-0.39, 0.29) is 6.09 Å². The lowest BCUT2D eigenvalue weighted by Crippen LogP contribution is -2.50. The first-order valence-corrected chi connectivity index (χ1v) is 8.77. The number of nitriles is 1.